The first-order chi connectivity index (χ1) is 18.4. The Hall–Kier alpha value is -3.96. The second-order valence-corrected chi connectivity index (χ2v) is 10.8. The van der Waals surface area contributed by atoms with Crippen LogP contribution in [0.1, 0.15) is 35.8 Å². The van der Waals surface area contributed by atoms with Gasteiger partial charge in [-0.3, -0.25) is 14.4 Å². The summed E-state index contributed by atoms with van der Waals surface area (Å²) in [5.74, 6) is -2.11. The number of imide groups is 1. The molecule has 0 spiro atoms. The predicted molar refractivity (Wildman–Crippen MR) is 149 cm³/mol. The normalized spacial score (nSPS) is 22.9. The molecule has 2 fully saturated rings. The fourth-order valence-corrected chi connectivity index (χ4v) is 6.39. The van der Waals surface area contributed by atoms with Crippen molar-refractivity contribution in [3.8, 4) is 0 Å². The van der Waals surface area contributed by atoms with E-state index in [1.165, 1.54) is 4.90 Å². The van der Waals surface area contributed by atoms with E-state index in [1.54, 1.807) is 29.2 Å². The second-order valence-electron chi connectivity index (χ2n) is 10.4. The third-order valence-electron chi connectivity index (χ3n) is 7.87. The number of fused-ring (bicyclic) bond motifs is 2. The highest BCUT2D eigenvalue weighted by Crippen LogP contribution is 2.53. The standard InChI is InChI=1S/C32H27ClN2O3/c1-19(2)28-26-27(32(38)34(31(26)37)25-10-4-3-5-11-25)29(21-14-16-24(33)17-15-21)35(28)30(36)23-13-12-20-8-6-7-9-22(20)18-23/h3-19,26-29H,1-2H3. The molecule has 38 heavy (non-hydrogen) atoms. The highest BCUT2D eigenvalue weighted by atomic mass is 35.5. The van der Waals surface area contributed by atoms with E-state index in [1.807, 2.05) is 86.6 Å². The van der Waals surface area contributed by atoms with E-state index in [0.717, 1.165) is 16.3 Å². The van der Waals surface area contributed by atoms with E-state index in [2.05, 4.69) is 0 Å². The number of benzene rings is 4. The number of hydrogen-bond donors (Lipinski definition) is 0. The predicted octanol–water partition coefficient (Wildman–Crippen LogP) is 6.52. The summed E-state index contributed by atoms with van der Waals surface area (Å²) in [4.78, 5) is 45.4. The van der Waals surface area contributed by atoms with Crippen LogP contribution in [-0.4, -0.2) is 28.7 Å². The van der Waals surface area contributed by atoms with Crippen LogP contribution in [-0.2, 0) is 9.59 Å². The molecular formula is C32H27ClN2O3. The maximum absolute atomic E-state index is 14.3. The van der Waals surface area contributed by atoms with Crippen molar-refractivity contribution in [1.82, 2.24) is 4.90 Å². The summed E-state index contributed by atoms with van der Waals surface area (Å²) in [7, 11) is 0. The van der Waals surface area contributed by atoms with E-state index in [0.29, 0.717) is 16.3 Å². The molecule has 2 aliphatic rings. The van der Waals surface area contributed by atoms with Crippen molar-refractivity contribution in [2.24, 2.45) is 17.8 Å². The first-order valence-electron chi connectivity index (χ1n) is 12.9. The van der Waals surface area contributed by atoms with Gasteiger partial charge in [-0.05, 0) is 58.7 Å². The molecule has 4 aromatic carbocycles. The Morgan fingerprint density at radius 1 is 0.763 bits per heavy atom. The molecule has 0 radical (unpaired) electrons. The third-order valence-corrected chi connectivity index (χ3v) is 8.12. The van der Waals surface area contributed by atoms with E-state index in [-0.39, 0.29) is 23.6 Å². The van der Waals surface area contributed by atoms with Gasteiger partial charge in [0.05, 0.1) is 23.6 Å². The minimum Gasteiger partial charge on any atom is -0.327 e. The van der Waals surface area contributed by atoms with Crippen LogP contribution in [0.15, 0.2) is 97.1 Å². The molecule has 4 aromatic rings. The number of rotatable bonds is 4. The Labute approximate surface area is 226 Å². The van der Waals surface area contributed by atoms with E-state index in [4.69, 9.17) is 11.6 Å². The molecule has 6 rings (SSSR count). The number of halogens is 1. The zero-order valence-corrected chi connectivity index (χ0v) is 21.9. The fraction of sp³-hybridized carbons (Fsp3) is 0.219. The largest absolute Gasteiger partial charge is 0.327 e. The molecule has 3 amide bonds. The summed E-state index contributed by atoms with van der Waals surface area (Å²) in [5.41, 5.74) is 1.88. The average Bonchev–Trinajstić information content (AvgIpc) is 3.41. The highest BCUT2D eigenvalue weighted by Gasteiger charge is 2.64. The molecule has 190 valence electrons. The molecule has 0 bridgehead atoms. The van der Waals surface area contributed by atoms with Crippen LogP contribution in [0.25, 0.3) is 10.8 Å². The monoisotopic (exact) mass is 522 g/mol. The van der Waals surface area contributed by atoms with Gasteiger partial charge in [-0.2, -0.15) is 0 Å². The molecule has 6 heteroatoms. The maximum Gasteiger partial charge on any atom is 0.254 e. The Morgan fingerprint density at radius 3 is 2.08 bits per heavy atom. The van der Waals surface area contributed by atoms with E-state index >= 15 is 0 Å². The van der Waals surface area contributed by atoms with Gasteiger partial charge in [0, 0.05) is 16.6 Å². The number of amides is 3. The zero-order chi connectivity index (χ0) is 26.6. The van der Waals surface area contributed by atoms with Crippen LogP contribution in [0, 0.1) is 17.8 Å². The van der Waals surface area contributed by atoms with Crippen molar-refractivity contribution < 1.29 is 14.4 Å². The van der Waals surface area contributed by atoms with Crippen molar-refractivity contribution in [2.45, 2.75) is 25.9 Å². The lowest BCUT2D eigenvalue weighted by Gasteiger charge is -2.36. The quantitative estimate of drug-likeness (QED) is 0.287. The van der Waals surface area contributed by atoms with Gasteiger partial charge in [0.25, 0.3) is 5.91 Å². The molecule has 2 aliphatic heterocycles. The van der Waals surface area contributed by atoms with Crippen LogP contribution in [0.2, 0.25) is 5.02 Å². The molecule has 4 atom stereocenters. The molecular weight excluding hydrogens is 496 g/mol. The van der Waals surface area contributed by atoms with Crippen molar-refractivity contribution in [3.05, 3.63) is 113 Å². The molecule has 0 aromatic heterocycles. The Bertz CT molecular complexity index is 1550. The van der Waals surface area contributed by atoms with Gasteiger partial charge < -0.3 is 4.90 Å². The van der Waals surface area contributed by atoms with Crippen LogP contribution >= 0.6 is 11.6 Å². The van der Waals surface area contributed by atoms with Crippen LogP contribution in [0.4, 0.5) is 5.69 Å². The number of carbonyl (C=O) groups is 3. The van der Waals surface area contributed by atoms with Gasteiger partial charge in [0.15, 0.2) is 0 Å². The molecule has 0 aliphatic carbocycles. The van der Waals surface area contributed by atoms with Crippen molar-refractivity contribution >= 4 is 45.8 Å². The minimum atomic E-state index is -0.694. The maximum atomic E-state index is 14.3. The Morgan fingerprint density at radius 2 is 1.39 bits per heavy atom. The Kier molecular flexibility index (Phi) is 6.04. The molecule has 2 saturated heterocycles. The second kappa shape index (κ2) is 9.41. The van der Waals surface area contributed by atoms with Crippen molar-refractivity contribution in [3.63, 3.8) is 0 Å². The summed E-state index contributed by atoms with van der Waals surface area (Å²) in [5, 5.41) is 2.57. The topological polar surface area (TPSA) is 57.7 Å². The van der Waals surface area contributed by atoms with E-state index in [9.17, 15) is 14.4 Å². The Balaban J connectivity index is 1.50. The number of para-hydroxylation sites is 1. The molecule has 4 unspecified atom stereocenters. The van der Waals surface area contributed by atoms with Gasteiger partial charge in [-0.25, -0.2) is 4.90 Å². The zero-order valence-electron chi connectivity index (χ0n) is 21.1. The summed E-state index contributed by atoms with van der Waals surface area (Å²) in [6.07, 6.45) is 0. The van der Waals surface area contributed by atoms with Gasteiger partial charge >= 0.3 is 0 Å². The lowest BCUT2D eigenvalue weighted by molar-refractivity contribution is -0.124. The van der Waals surface area contributed by atoms with Crippen LogP contribution < -0.4 is 4.90 Å². The number of carbonyl (C=O) groups excluding carboxylic acids is 3. The van der Waals surface area contributed by atoms with Gasteiger partial charge in [0.1, 0.15) is 0 Å². The highest BCUT2D eigenvalue weighted by molar-refractivity contribution is 6.30. The minimum absolute atomic E-state index is 0.0586. The smallest absolute Gasteiger partial charge is 0.254 e. The van der Waals surface area contributed by atoms with Gasteiger partial charge in [0.2, 0.25) is 11.8 Å². The van der Waals surface area contributed by atoms with Crippen molar-refractivity contribution in [1.29, 1.82) is 0 Å². The number of anilines is 1. The number of nitrogens with zero attached hydrogens (tertiary/aromatic N) is 2. The van der Waals surface area contributed by atoms with Crippen LogP contribution in [0.3, 0.4) is 0 Å². The first kappa shape index (κ1) is 24.4. The number of hydrogen-bond acceptors (Lipinski definition) is 3. The van der Waals surface area contributed by atoms with Crippen molar-refractivity contribution in [2.75, 3.05) is 4.90 Å². The number of likely N-dealkylation sites (tertiary alicyclic amines) is 1. The van der Waals surface area contributed by atoms with E-state index < -0.39 is 23.9 Å². The van der Waals surface area contributed by atoms with Gasteiger partial charge in [-0.15, -0.1) is 0 Å². The first-order valence-corrected chi connectivity index (χ1v) is 13.2. The molecule has 0 N–H and O–H groups in total. The molecule has 0 saturated carbocycles. The third kappa shape index (κ3) is 3.81. The average molecular weight is 523 g/mol. The summed E-state index contributed by atoms with van der Waals surface area (Å²) in [6, 6.07) is 28.8. The summed E-state index contributed by atoms with van der Waals surface area (Å²) >= 11 is 6.20. The molecule has 5 nitrogen and oxygen atoms in total. The fourth-order valence-electron chi connectivity index (χ4n) is 6.26. The summed E-state index contributed by atoms with van der Waals surface area (Å²) < 4.78 is 0. The SMILES string of the molecule is CC(C)C1C2C(=O)N(c3ccccc3)C(=O)C2C(c2ccc(Cl)cc2)N1C(=O)c1ccc2ccccc2c1. The lowest BCUT2D eigenvalue weighted by Crippen LogP contribution is -2.47. The van der Waals surface area contributed by atoms with Crippen LogP contribution in [0.5, 0.6) is 0 Å². The lowest BCUT2D eigenvalue weighted by atomic mass is 9.83. The van der Waals surface area contributed by atoms with Gasteiger partial charge in [-0.1, -0.05) is 86.1 Å². The summed E-state index contributed by atoms with van der Waals surface area (Å²) in [6.45, 7) is 4.02. The molecule has 2 heterocycles.